The Balaban J connectivity index is 2.03. The van der Waals surface area contributed by atoms with E-state index in [1.54, 1.807) is 12.4 Å². The molecule has 0 aromatic carbocycles. The molecule has 90 valence electrons. The number of carbonyl (C=O) groups is 2. The van der Waals surface area contributed by atoms with Crippen LogP contribution in [0.4, 0.5) is 0 Å². The molecule has 0 bridgehead atoms. The van der Waals surface area contributed by atoms with Crippen LogP contribution in [0.15, 0.2) is 24.5 Å². The number of carbonyl (C=O) groups excluding carboxylic acids is 2. The predicted molar refractivity (Wildman–Crippen MR) is 63.1 cm³/mol. The molecule has 1 fully saturated rings. The third-order valence-electron chi connectivity index (χ3n) is 2.81. The van der Waals surface area contributed by atoms with E-state index in [2.05, 4.69) is 4.98 Å². The van der Waals surface area contributed by atoms with Crippen LogP contribution >= 0.6 is 0 Å². The fraction of sp³-hybridized carbons (Fsp3) is 0.462. The normalized spacial score (nSPS) is 14.4. The number of nitrogens with zero attached hydrogens (tertiary/aromatic N) is 2. The van der Waals surface area contributed by atoms with Gasteiger partial charge in [-0.3, -0.25) is 14.6 Å². The topological polar surface area (TPSA) is 50.3 Å². The van der Waals surface area contributed by atoms with Crippen molar-refractivity contribution in [1.29, 1.82) is 0 Å². The average molecular weight is 232 g/mol. The van der Waals surface area contributed by atoms with E-state index in [1.165, 1.54) is 6.92 Å². The molecule has 4 nitrogen and oxygen atoms in total. The molecule has 1 aliphatic carbocycles. The second kappa shape index (κ2) is 5.08. The van der Waals surface area contributed by atoms with Crippen LogP contribution in [0.5, 0.6) is 0 Å². The molecule has 1 aromatic heterocycles. The van der Waals surface area contributed by atoms with Crippen molar-refractivity contribution in [3.8, 4) is 0 Å². The van der Waals surface area contributed by atoms with Gasteiger partial charge in [0, 0.05) is 25.0 Å². The summed E-state index contributed by atoms with van der Waals surface area (Å²) < 4.78 is 0. The van der Waals surface area contributed by atoms with Gasteiger partial charge in [0.25, 0.3) is 0 Å². The molecular formula is C13H16N2O2. The summed E-state index contributed by atoms with van der Waals surface area (Å²) in [5, 5.41) is 0. The summed E-state index contributed by atoms with van der Waals surface area (Å²) >= 11 is 0. The number of aromatic nitrogens is 1. The van der Waals surface area contributed by atoms with Gasteiger partial charge in [-0.25, -0.2) is 0 Å². The molecule has 1 aliphatic rings. The lowest BCUT2D eigenvalue weighted by Crippen LogP contribution is -2.33. The third-order valence-corrected chi connectivity index (χ3v) is 2.81. The molecule has 1 amide bonds. The van der Waals surface area contributed by atoms with E-state index in [-0.39, 0.29) is 18.1 Å². The first-order valence-electron chi connectivity index (χ1n) is 5.84. The van der Waals surface area contributed by atoms with Crippen LogP contribution < -0.4 is 0 Å². The molecular weight excluding hydrogens is 216 g/mol. The first-order valence-corrected chi connectivity index (χ1v) is 5.84. The first kappa shape index (κ1) is 11.8. The monoisotopic (exact) mass is 232 g/mol. The van der Waals surface area contributed by atoms with Gasteiger partial charge in [0.05, 0.1) is 6.42 Å². The Morgan fingerprint density at radius 2 is 2.00 bits per heavy atom. The van der Waals surface area contributed by atoms with E-state index in [0.29, 0.717) is 12.6 Å². The van der Waals surface area contributed by atoms with Crippen LogP contribution in [-0.2, 0) is 16.1 Å². The highest BCUT2D eigenvalue weighted by Gasteiger charge is 2.32. The van der Waals surface area contributed by atoms with E-state index < -0.39 is 0 Å². The van der Waals surface area contributed by atoms with Crippen molar-refractivity contribution < 1.29 is 9.59 Å². The molecule has 0 saturated heterocycles. The Hall–Kier alpha value is -1.71. The van der Waals surface area contributed by atoms with Gasteiger partial charge in [-0.05, 0) is 37.5 Å². The van der Waals surface area contributed by atoms with E-state index in [9.17, 15) is 9.59 Å². The lowest BCUT2D eigenvalue weighted by atomic mass is 10.2. The zero-order valence-electron chi connectivity index (χ0n) is 9.93. The van der Waals surface area contributed by atoms with E-state index >= 15 is 0 Å². The van der Waals surface area contributed by atoms with Crippen molar-refractivity contribution in [3.05, 3.63) is 30.1 Å². The molecule has 2 rings (SSSR count). The lowest BCUT2D eigenvalue weighted by molar-refractivity contribution is -0.135. The van der Waals surface area contributed by atoms with Gasteiger partial charge in [-0.15, -0.1) is 0 Å². The lowest BCUT2D eigenvalue weighted by Gasteiger charge is -2.22. The summed E-state index contributed by atoms with van der Waals surface area (Å²) in [6, 6.07) is 4.13. The van der Waals surface area contributed by atoms with Crippen LogP contribution in [0.2, 0.25) is 0 Å². The maximum atomic E-state index is 11.9. The highest BCUT2D eigenvalue weighted by atomic mass is 16.2. The Morgan fingerprint density at radius 3 is 2.53 bits per heavy atom. The zero-order chi connectivity index (χ0) is 12.3. The maximum absolute atomic E-state index is 11.9. The van der Waals surface area contributed by atoms with Crippen LogP contribution in [-0.4, -0.2) is 27.6 Å². The van der Waals surface area contributed by atoms with Crippen LogP contribution in [0.3, 0.4) is 0 Å². The number of rotatable bonds is 5. The highest BCUT2D eigenvalue weighted by molar-refractivity contribution is 5.97. The van der Waals surface area contributed by atoms with Crippen molar-refractivity contribution in [2.75, 3.05) is 0 Å². The zero-order valence-corrected chi connectivity index (χ0v) is 9.93. The fourth-order valence-corrected chi connectivity index (χ4v) is 1.81. The summed E-state index contributed by atoms with van der Waals surface area (Å²) in [5.41, 5.74) is 1.06. The second-order valence-electron chi connectivity index (χ2n) is 4.49. The Morgan fingerprint density at radius 1 is 1.35 bits per heavy atom. The molecule has 0 spiro atoms. The molecule has 1 aromatic rings. The highest BCUT2D eigenvalue weighted by Crippen LogP contribution is 2.28. The van der Waals surface area contributed by atoms with Gasteiger partial charge in [0.2, 0.25) is 5.91 Å². The number of amides is 1. The molecule has 17 heavy (non-hydrogen) atoms. The number of ketones is 1. The van der Waals surface area contributed by atoms with Crippen molar-refractivity contribution in [2.24, 2.45) is 0 Å². The van der Waals surface area contributed by atoms with Crippen molar-refractivity contribution in [3.63, 3.8) is 0 Å². The molecule has 0 unspecified atom stereocenters. The fourth-order valence-electron chi connectivity index (χ4n) is 1.81. The molecule has 0 atom stereocenters. The van der Waals surface area contributed by atoms with Gasteiger partial charge in [-0.2, -0.15) is 0 Å². The summed E-state index contributed by atoms with van der Waals surface area (Å²) in [6.45, 7) is 2.04. The minimum atomic E-state index is -0.0737. The van der Waals surface area contributed by atoms with Gasteiger partial charge in [0.15, 0.2) is 0 Å². The SMILES string of the molecule is CC(=O)CC(=O)N(Cc1ccncc1)C1CC1. The standard InChI is InChI=1S/C13H16N2O2/c1-10(16)8-13(17)15(12-2-3-12)9-11-4-6-14-7-5-11/h4-7,12H,2-3,8-9H2,1H3. The maximum Gasteiger partial charge on any atom is 0.230 e. The Labute approximate surface area is 101 Å². The quantitative estimate of drug-likeness (QED) is 0.724. The molecule has 1 heterocycles. The predicted octanol–water partition coefficient (Wildman–Crippen LogP) is 1.55. The van der Waals surface area contributed by atoms with Crippen molar-refractivity contribution in [2.45, 2.75) is 38.8 Å². The minimum absolute atomic E-state index is 0.0155. The third kappa shape index (κ3) is 3.37. The van der Waals surface area contributed by atoms with Gasteiger partial charge < -0.3 is 4.90 Å². The summed E-state index contributed by atoms with van der Waals surface area (Å²) in [7, 11) is 0. The Kier molecular flexibility index (Phi) is 3.52. The van der Waals surface area contributed by atoms with Crippen molar-refractivity contribution in [1.82, 2.24) is 9.88 Å². The minimum Gasteiger partial charge on any atom is -0.335 e. The first-order chi connectivity index (χ1) is 8.16. The van der Waals surface area contributed by atoms with Gasteiger partial charge >= 0.3 is 0 Å². The number of pyridine rings is 1. The molecule has 0 radical (unpaired) electrons. The number of hydrogen-bond donors (Lipinski definition) is 0. The van der Waals surface area contributed by atoms with Crippen LogP contribution in [0, 0.1) is 0 Å². The average Bonchev–Trinajstić information content (AvgIpc) is 3.10. The molecule has 1 saturated carbocycles. The molecule has 4 heteroatoms. The van der Waals surface area contributed by atoms with Crippen LogP contribution in [0.1, 0.15) is 31.7 Å². The number of Topliss-reactive ketones (excluding diaryl/α,β-unsaturated/α-hetero) is 1. The molecule has 0 aliphatic heterocycles. The van der Waals surface area contributed by atoms with Gasteiger partial charge in [0.1, 0.15) is 5.78 Å². The van der Waals surface area contributed by atoms with Crippen molar-refractivity contribution >= 4 is 11.7 Å². The summed E-state index contributed by atoms with van der Waals surface area (Å²) in [5.74, 6) is -0.132. The largest absolute Gasteiger partial charge is 0.335 e. The number of hydrogen-bond acceptors (Lipinski definition) is 3. The smallest absolute Gasteiger partial charge is 0.230 e. The Bertz CT molecular complexity index is 413. The van der Waals surface area contributed by atoms with E-state index in [1.807, 2.05) is 17.0 Å². The summed E-state index contributed by atoms with van der Waals surface area (Å²) in [4.78, 5) is 28.7. The summed E-state index contributed by atoms with van der Waals surface area (Å²) in [6.07, 6.45) is 5.55. The van der Waals surface area contributed by atoms with E-state index in [4.69, 9.17) is 0 Å². The van der Waals surface area contributed by atoms with E-state index in [0.717, 1.165) is 18.4 Å². The van der Waals surface area contributed by atoms with Gasteiger partial charge in [-0.1, -0.05) is 0 Å². The second-order valence-corrected chi connectivity index (χ2v) is 4.49. The van der Waals surface area contributed by atoms with Crippen LogP contribution in [0.25, 0.3) is 0 Å². The molecule has 0 N–H and O–H groups in total.